The molecule has 3 aromatic carbocycles. The molecule has 0 fully saturated rings. The van der Waals surface area contributed by atoms with Gasteiger partial charge in [0, 0.05) is 15.5 Å². The Morgan fingerprint density at radius 3 is 2.09 bits per heavy atom. The molecule has 32 heavy (non-hydrogen) atoms. The lowest BCUT2D eigenvalue weighted by Crippen LogP contribution is -2.07. The second-order valence-electron chi connectivity index (χ2n) is 6.81. The predicted octanol–water partition coefficient (Wildman–Crippen LogP) is 7.84. The van der Waals surface area contributed by atoms with Crippen molar-refractivity contribution in [2.24, 2.45) is 0 Å². The van der Waals surface area contributed by atoms with Crippen LogP contribution in [-0.4, -0.2) is 9.97 Å². The molecule has 0 spiro atoms. The number of hydrogen-bond donors (Lipinski definition) is 1. The minimum Gasteiger partial charge on any atom is -0.340 e. The molecule has 0 saturated heterocycles. The third kappa shape index (κ3) is 4.40. The van der Waals surface area contributed by atoms with E-state index in [-0.39, 0.29) is 5.56 Å². The normalized spacial score (nSPS) is 12.2. The zero-order valence-corrected chi connectivity index (χ0v) is 17.5. The average Bonchev–Trinajstić information content (AvgIpc) is 2.73. The van der Waals surface area contributed by atoms with Gasteiger partial charge in [-0.3, -0.25) is 0 Å². The first-order chi connectivity index (χ1) is 15.0. The summed E-state index contributed by atoms with van der Waals surface area (Å²) in [5, 5.41) is 3.41. The molecule has 0 bridgehead atoms. The molecule has 3 nitrogen and oxygen atoms in total. The summed E-state index contributed by atoms with van der Waals surface area (Å²) >= 11 is 3.33. The molecular weight excluding hydrogens is 500 g/mol. The maximum absolute atomic E-state index is 13.5. The third-order valence-electron chi connectivity index (χ3n) is 4.72. The highest BCUT2D eigenvalue weighted by molar-refractivity contribution is 9.10. The van der Waals surface area contributed by atoms with Gasteiger partial charge in [0.25, 0.3) is 0 Å². The number of aromatic nitrogens is 2. The lowest BCUT2D eigenvalue weighted by atomic mass is 9.98. The van der Waals surface area contributed by atoms with Crippen molar-refractivity contribution in [2.75, 3.05) is 5.32 Å². The number of nitrogens with one attached hydrogen (secondary N) is 1. The summed E-state index contributed by atoms with van der Waals surface area (Å²) in [4.78, 5) is 8.28. The van der Waals surface area contributed by atoms with Crippen LogP contribution in [0, 0.1) is 0 Å². The topological polar surface area (TPSA) is 37.8 Å². The first kappa shape index (κ1) is 22.1. The Bertz CT molecular complexity index is 1280. The van der Waals surface area contributed by atoms with Gasteiger partial charge < -0.3 is 5.32 Å². The molecule has 10 heteroatoms. The van der Waals surface area contributed by atoms with E-state index in [1.54, 1.807) is 6.07 Å². The Morgan fingerprint density at radius 1 is 0.750 bits per heavy atom. The molecule has 0 atom stereocenters. The van der Waals surface area contributed by atoms with Crippen molar-refractivity contribution in [1.82, 2.24) is 9.97 Å². The number of halogens is 7. The summed E-state index contributed by atoms with van der Waals surface area (Å²) < 4.78 is 79.1. The van der Waals surface area contributed by atoms with E-state index in [0.717, 1.165) is 18.2 Å². The number of hydrogen-bond acceptors (Lipinski definition) is 3. The van der Waals surface area contributed by atoms with Crippen molar-refractivity contribution < 1.29 is 26.3 Å². The van der Waals surface area contributed by atoms with E-state index in [1.165, 1.54) is 42.7 Å². The fourth-order valence-corrected chi connectivity index (χ4v) is 3.78. The minimum absolute atomic E-state index is 0.00960. The number of rotatable bonds is 3. The summed E-state index contributed by atoms with van der Waals surface area (Å²) in [6.45, 7) is 0. The van der Waals surface area contributed by atoms with Crippen LogP contribution in [-0.2, 0) is 12.4 Å². The first-order valence-electron chi connectivity index (χ1n) is 9.09. The van der Waals surface area contributed by atoms with Crippen LogP contribution in [0.2, 0.25) is 0 Å². The van der Waals surface area contributed by atoms with Crippen molar-refractivity contribution in [3.8, 4) is 11.1 Å². The largest absolute Gasteiger partial charge is 0.417 e. The van der Waals surface area contributed by atoms with E-state index >= 15 is 0 Å². The van der Waals surface area contributed by atoms with Gasteiger partial charge in [0.05, 0.1) is 16.6 Å². The smallest absolute Gasteiger partial charge is 0.340 e. The van der Waals surface area contributed by atoms with E-state index in [2.05, 4.69) is 31.2 Å². The van der Waals surface area contributed by atoms with E-state index in [4.69, 9.17) is 0 Å². The molecule has 0 aliphatic carbocycles. The molecule has 0 saturated carbocycles. The van der Waals surface area contributed by atoms with Gasteiger partial charge in [0.1, 0.15) is 12.1 Å². The van der Waals surface area contributed by atoms with Gasteiger partial charge in [-0.15, -0.1) is 0 Å². The Hall–Kier alpha value is -3.14. The van der Waals surface area contributed by atoms with Crippen molar-refractivity contribution in [3.05, 3.63) is 82.6 Å². The van der Waals surface area contributed by atoms with Gasteiger partial charge >= 0.3 is 12.4 Å². The van der Waals surface area contributed by atoms with Crippen LogP contribution in [0.1, 0.15) is 11.1 Å². The molecule has 4 aromatic rings. The van der Waals surface area contributed by atoms with Crippen LogP contribution in [0.5, 0.6) is 0 Å². The molecule has 0 radical (unpaired) electrons. The van der Waals surface area contributed by atoms with Crippen LogP contribution >= 0.6 is 15.9 Å². The number of benzene rings is 3. The summed E-state index contributed by atoms with van der Waals surface area (Å²) in [5.74, 6) is 0.297. The summed E-state index contributed by atoms with van der Waals surface area (Å²) in [7, 11) is 0. The monoisotopic (exact) mass is 511 g/mol. The Labute approximate surface area is 186 Å². The fraction of sp³-hybridized carbons (Fsp3) is 0.0909. The number of alkyl halides is 6. The highest BCUT2D eigenvalue weighted by Gasteiger charge is 2.34. The summed E-state index contributed by atoms with van der Waals surface area (Å²) in [6, 6.07) is 12.7. The zero-order valence-electron chi connectivity index (χ0n) is 15.9. The van der Waals surface area contributed by atoms with Gasteiger partial charge in [-0.1, -0.05) is 34.1 Å². The van der Waals surface area contributed by atoms with Crippen molar-refractivity contribution in [1.29, 1.82) is 0 Å². The molecule has 0 aliphatic rings. The van der Waals surface area contributed by atoms with Crippen molar-refractivity contribution in [3.63, 3.8) is 0 Å². The maximum atomic E-state index is 13.5. The second-order valence-corrected chi connectivity index (χ2v) is 7.67. The first-order valence-corrected chi connectivity index (χ1v) is 9.88. The molecule has 4 rings (SSSR count). The van der Waals surface area contributed by atoms with Gasteiger partial charge in [-0.05, 0) is 53.6 Å². The number of nitrogens with zero attached hydrogens (tertiary/aromatic N) is 2. The van der Waals surface area contributed by atoms with E-state index in [0.29, 0.717) is 32.4 Å². The van der Waals surface area contributed by atoms with Crippen LogP contribution < -0.4 is 5.32 Å². The number of anilines is 2. The minimum atomic E-state index is -4.54. The molecule has 0 amide bonds. The van der Waals surface area contributed by atoms with E-state index in [1.807, 2.05) is 0 Å². The lowest BCUT2D eigenvalue weighted by molar-refractivity contribution is -0.138. The van der Waals surface area contributed by atoms with Crippen LogP contribution in [0.15, 0.2) is 71.5 Å². The van der Waals surface area contributed by atoms with E-state index in [9.17, 15) is 26.3 Å². The predicted molar refractivity (Wildman–Crippen MR) is 112 cm³/mol. The molecule has 0 aliphatic heterocycles. The average molecular weight is 512 g/mol. The van der Waals surface area contributed by atoms with Gasteiger partial charge in [0.15, 0.2) is 0 Å². The van der Waals surface area contributed by atoms with Crippen molar-refractivity contribution >= 4 is 38.3 Å². The van der Waals surface area contributed by atoms with Gasteiger partial charge in [0.2, 0.25) is 0 Å². The van der Waals surface area contributed by atoms with Crippen molar-refractivity contribution in [2.45, 2.75) is 12.4 Å². The Kier molecular flexibility index (Phi) is 5.58. The van der Waals surface area contributed by atoms with Gasteiger partial charge in [-0.25, -0.2) is 9.97 Å². The SMILES string of the molecule is FC(F)(F)c1ccc(Nc2ncnc3cc(-c4ccccc4C(F)(F)F)c(Br)cc23)cc1. The fourth-order valence-electron chi connectivity index (χ4n) is 3.23. The molecule has 0 unspecified atom stereocenters. The molecule has 1 N–H and O–H groups in total. The quantitative estimate of drug-likeness (QED) is 0.284. The molecular formula is C22H12BrF6N3. The van der Waals surface area contributed by atoms with E-state index < -0.39 is 23.5 Å². The number of fused-ring (bicyclic) bond motifs is 1. The highest BCUT2D eigenvalue weighted by atomic mass is 79.9. The Balaban J connectivity index is 1.76. The third-order valence-corrected chi connectivity index (χ3v) is 5.38. The van der Waals surface area contributed by atoms with Crippen LogP contribution in [0.3, 0.4) is 0 Å². The van der Waals surface area contributed by atoms with Gasteiger partial charge in [-0.2, -0.15) is 26.3 Å². The molecule has 1 aromatic heterocycles. The van der Waals surface area contributed by atoms with Crippen LogP contribution in [0.25, 0.3) is 22.0 Å². The summed E-state index contributed by atoms with van der Waals surface area (Å²) in [5.41, 5.74) is -0.553. The molecule has 1 heterocycles. The summed E-state index contributed by atoms with van der Waals surface area (Å²) in [6.07, 6.45) is -7.76. The highest BCUT2D eigenvalue weighted by Crippen LogP contribution is 2.41. The lowest BCUT2D eigenvalue weighted by Gasteiger charge is -2.15. The second kappa shape index (κ2) is 8.09. The molecule has 164 valence electrons. The zero-order chi connectivity index (χ0) is 23.1. The maximum Gasteiger partial charge on any atom is 0.417 e. The Morgan fingerprint density at radius 2 is 1.44 bits per heavy atom. The van der Waals surface area contributed by atoms with Crippen LogP contribution in [0.4, 0.5) is 37.8 Å². The standard InChI is InChI=1S/C22H12BrF6N3/c23-18-9-16-19(10-15(18)14-3-1-2-4-17(14)22(27,28)29)30-11-31-20(16)32-13-7-5-12(6-8-13)21(24,25)26/h1-11H,(H,30,31,32).